The number of anilines is 1. The number of hydrogen-bond donors (Lipinski definition) is 1. The van der Waals surface area contributed by atoms with Crippen LogP contribution in [0.25, 0.3) is 11.4 Å². The lowest BCUT2D eigenvalue weighted by Gasteiger charge is -2.11. The van der Waals surface area contributed by atoms with Crippen LogP contribution in [0.2, 0.25) is 0 Å². The summed E-state index contributed by atoms with van der Waals surface area (Å²) in [5.41, 5.74) is 3.39. The van der Waals surface area contributed by atoms with Crippen LogP contribution in [0.15, 0.2) is 30.7 Å². The molecule has 0 saturated heterocycles. The Hall–Kier alpha value is -2.34. The molecule has 6 heteroatoms. The molecule has 0 unspecified atom stereocenters. The molecule has 116 valence electrons. The Bertz CT molecular complexity index is 828. The van der Waals surface area contributed by atoms with Crippen molar-refractivity contribution in [1.29, 1.82) is 0 Å². The van der Waals surface area contributed by atoms with Crippen molar-refractivity contribution in [3.63, 3.8) is 0 Å². The molecule has 0 bridgehead atoms. The van der Waals surface area contributed by atoms with Gasteiger partial charge in [0, 0.05) is 40.3 Å². The van der Waals surface area contributed by atoms with Crippen molar-refractivity contribution in [2.24, 2.45) is 0 Å². The van der Waals surface area contributed by atoms with Gasteiger partial charge in [0.2, 0.25) is 0 Å². The van der Waals surface area contributed by atoms with Gasteiger partial charge in [-0.1, -0.05) is 0 Å². The number of hydrogen-bond acceptors (Lipinski definition) is 6. The first kappa shape index (κ1) is 14.3. The molecule has 1 aliphatic rings. The number of nitrogens with zero attached hydrogens (tertiary/aromatic N) is 4. The third-order valence-electron chi connectivity index (χ3n) is 3.95. The van der Waals surface area contributed by atoms with Gasteiger partial charge in [-0.2, -0.15) is 0 Å². The first-order valence-corrected chi connectivity index (χ1v) is 8.56. The molecule has 3 aromatic heterocycles. The van der Waals surface area contributed by atoms with E-state index in [1.807, 2.05) is 31.5 Å². The topological polar surface area (TPSA) is 63.6 Å². The minimum atomic E-state index is 0.751. The lowest BCUT2D eigenvalue weighted by atomic mass is 10.2. The highest BCUT2D eigenvalue weighted by Gasteiger charge is 2.20. The van der Waals surface area contributed by atoms with Crippen molar-refractivity contribution in [3.8, 4) is 11.4 Å². The van der Waals surface area contributed by atoms with E-state index < -0.39 is 0 Å². The van der Waals surface area contributed by atoms with Crippen LogP contribution >= 0.6 is 11.3 Å². The quantitative estimate of drug-likeness (QED) is 0.797. The molecular formula is C17H17N5S. The second-order valence-corrected chi connectivity index (χ2v) is 6.93. The third-order valence-corrected chi connectivity index (χ3v) is 4.86. The first-order valence-electron chi connectivity index (χ1n) is 7.75. The zero-order valence-electron chi connectivity index (χ0n) is 12.9. The van der Waals surface area contributed by atoms with Crippen molar-refractivity contribution < 1.29 is 0 Å². The van der Waals surface area contributed by atoms with Gasteiger partial charge < -0.3 is 5.32 Å². The number of fused-ring (bicyclic) bond motifs is 1. The number of nitrogens with one attached hydrogen (secondary N) is 1. The molecular weight excluding hydrogens is 306 g/mol. The normalized spacial score (nSPS) is 13.1. The zero-order valence-corrected chi connectivity index (χ0v) is 13.7. The van der Waals surface area contributed by atoms with E-state index in [0.717, 1.165) is 48.0 Å². The molecule has 4 rings (SSSR count). The minimum Gasteiger partial charge on any atom is -0.365 e. The van der Waals surface area contributed by atoms with E-state index in [9.17, 15) is 0 Å². The van der Waals surface area contributed by atoms with E-state index in [2.05, 4.69) is 15.3 Å². The minimum absolute atomic E-state index is 0.751. The highest BCUT2D eigenvalue weighted by molar-refractivity contribution is 7.11. The number of rotatable bonds is 4. The third kappa shape index (κ3) is 2.94. The molecule has 3 aromatic rings. The second kappa shape index (κ2) is 6.04. The summed E-state index contributed by atoms with van der Waals surface area (Å²) in [7, 11) is 0. The molecule has 3 heterocycles. The summed E-state index contributed by atoms with van der Waals surface area (Å²) in [6.07, 6.45) is 8.73. The van der Waals surface area contributed by atoms with Crippen LogP contribution < -0.4 is 5.32 Å². The van der Waals surface area contributed by atoms with Gasteiger partial charge >= 0.3 is 0 Å². The molecule has 0 radical (unpaired) electrons. The summed E-state index contributed by atoms with van der Waals surface area (Å²) >= 11 is 1.71. The SMILES string of the molecule is Cc1ncc(CNc2nc(-c3cccnc3)nc3c2CCC3)s1. The largest absolute Gasteiger partial charge is 0.365 e. The fourth-order valence-electron chi connectivity index (χ4n) is 2.86. The molecule has 0 fully saturated rings. The van der Waals surface area contributed by atoms with Crippen molar-refractivity contribution in [2.75, 3.05) is 5.32 Å². The number of aromatic nitrogens is 4. The Labute approximate surface area is 138 Å². The Kier molecular flexibility index (Phi) is 3.75. The van der Waals surface area contributed by atoms with Crippen LogP contribution in [0.4, 0.5) is 5.82 Å². The van der Waals surface area contributed by atoms with E-state index in [1.165, 1.54) is 16.1 Å². The van der Waals surface area contributed by atoms with Gasteiger partial charge in [-0.15, -0.1) is 11.3 Å². The van der Waals surface area contributed by atoms with Crippen LogP contribution in [-0.4, -0.2) is 19.9 Å². The summed E-state index contributed by atoms with van der Waals surface area (Å²) in [6.45, 7) is 2.78. The van der Waals surface area contributed by atoms with Gasteiger partial charge in [0.05, 0.1) is 11.6 Å². The van der Waals surface area contributed by atoms with E-state index >= 15 is 0 Å². The second-order valence-electron chi connectivity index (χ2n) is 5.62. The lowest BCUT2D eigenvalue weighted by molar-refractivity contribution is 0.899. The summed E-state index contributed by atoms with van der Waals surface area (Å²) in [5.74, 6) is 1.71. The van der Waals surface area contributed by atoms with Crippen LogP contribution in [0, 0.1) is 6.92 Å². The predicted molar refractivity (Wildman–Crippen MR) is 91.5 cm³/mol. The van der Waals surface area contributed by atoms with Gasteiger partial charge in [-0.05, 0) is 38.3 Å². The Morgan fingerprint density at radius 3 is 2.96 bits per heavy atom. The van der Waals surface area contributed by atoms with E-state index in [0.29, 0.717) is 0 Å². The fourth-order valence-corrected chi connectivity index (χ4v) is 3.60. The van der Waals surface area contributed by atoms with Gasteiger partial charge in [0.1, 0.15) is 5.82 Å². The fraction of sp³-hybridized carbons (Fsp3) is 0.294. The van der Waals surface area contributed by atoms with Gasteiger partial charge in [-0.25, -0.2) is 15.0 Å². The monoisotopic (exact) mass is 323 g/mol. The van der Waals surface area contributed by atoms with Crippen LogP contribution in [-0.2, 0) is 19.4 Å². The average molecular weight is 323 g/mol. The maximum atomic E-state index is 4.76. The average Bonchev–Trinajstić information content (AvgIpc) is 3.22. The van der Waals surface area contributed by atoms with E-state index in [4.69, 9.17) is 9.97 Å². The number of pyridine rings is 1. The lowest BCUT2D eigenvalue weighted by Crippen LogP contribution is -2.07. The number of aryl methyl sites for hydroxylation is 2. The summed E-state index contributed by atoms with van der Waals surface area (Å²) in [6, 6.07) is 3.92. The molecule has 0 amide bonds. The summed E-state index contributed by atoms with van der Waals surface area (Å²) in [4.78, 5) is 19.2. The highest BCUT2D eigenvalue weighted by atomic mass is 32.1. The van der Waals surface area contributed by atoms with E-state index in [1.54, 1.807) is 17.5 Å². The summed E-state index contributed by atoms with van der Waals surface area (Å²) in [5, 5.41) is 4.57. The van der Waals surface area contributed by atoms with Crippen LogP contribution in [0.1, 0.15) is 27.6 Å². The molecule has 0 aliphatic heterocycles. The molecule has 0 aromatic carbocycles. The highest BCUT2D eigenvalue weighted by Crippen LogP contribution is 2.29. The van der Waals surface area contributed by atoms with Gasteiger partial charge in [0.25, 0.3) is 0 Å². The number of thiazole rings is 1. The van der Waals surface area contributed by atoms with Gasteiger partial charge in [0.15, 0.2) is 5.82 Å². The zero-order chi connectivity index (χ0) is 15.6. The van der Waals surface area contributed by atoms with Crippen molar-refractivity contribution in [3.05, 3.63) is 51.9 Å². The van der Waals surface area contributed by atoms with Crippen LogP contribution in [0.3, 0.4) is 0 Å². The molecule has 0 spiro atoms. The van der Waals surface area contributed by atoms with Crippen molar-refractivity contribution in [2.45, 2.75) is 32.7 Å². The Morgan fingerprint density at radius 1 is 1.22 bits per heavy atom. The molecule has 5 nitrogen and oxygen atoms in total. The molecule has 0 saturated carbocycles. The molecule has 1 aliphatic carbocycles. The molecule has 23 heavy (non-hydrogen) atoms. The van der Waals surface area contributed by atoms with Crippen molar-refractivity contribution in [1.82, 2.24) is 19.9 Å². The first-order chi connectivity index (χ1) is 11.3. The Balaban J connectivity index is 1.66. The Morgan fingerprint density at radius 2 is 2.17 bits per heavy atom. The van der Waals surface area contributed by atoms with E-state index in [-0.39, 0.29) is 0 Å². The molecule has 0 atom stereocenters. The predicted octanol–water partition coefficient (Wildman–Crippen LogP) is 3.40. The smallest absolute Gasteiger partial charge is 0.163 e. The molecule has 1 N–H and O–H groups in total. The maximum absolute atomic E-state index is 4.76. The summed E-state index contributed by atoms with van der Waals surface area (Å²) < 4.78 is 0. The van der Waals surface area contributed by atoms with Crippen LogP contribution in [0.5, 0.6) is 0 Å². The maximum Gasteiger partial charge on any atom is 0.163 e. The van der Waals surface area contributed by atoms with Gasteiger partial charge in [-0.3, -0.25) is 4.98 Å². The standard InChI is InChI=1S/C17H17N5S/c1-11-19-9-13(23-11)10-20-17-14-5-2-6-15(14)21-16(22-17)12-4-3-7-18-8-12/h3-4,7-9H,2,5-6,10H2,1H3,(H,20,21,22). The van der Waals surface area contributed by atoms with Crippen molar-refractivity contribution >= 4 is 17.2 Å².